The number of allylic oxidation sites excluding steroid dienone is 1. The van der Waals surface area contributed by atoms with Gasteiger partial charge in [-0.1, -0.05) is 6.08 Å². The number of rotatable bonds is 3. The molecule has 0 radical (unpaired) electrons. The SMILES string of the molecule is C/C=C(\NCC)C(=O)O. The van der Waals surface area contributed by atoms with Crippen molar-refractivity contribution in [2.45, 2.75) is 13.8 Å². The Labute approximate surface area is 54.4 Å². The second-order valence-electron chi connectivity index (χ2n) is 1.54. The summed E-state index contributed by atoms with van der Waals surface area (Å²) in [6.07, 6.45) is 1.53. The summed E-state index contributed by atoms with van der Waals surface area (Å²) in [7, 11) is 0. The Kier molecular flexibility index (Phi) is 3.51. The Bertz CT molecular complexity index is 129. The summed E-state index contributed by atoms with van der Waals surface area (Å²) < 4.78 is 0. The van der Waals surface area contributed by atoms with Crippen molar-refractivity contribution in [2.75, 3.05) is 6.54 Å². The summed E-state index contributed by atoms with van der Waals surface area (Å²) in [6, 6.07) is 0. The van der Waals surface area contributed by atoms with E-state index < -0.39 is 5.97 Å². The summed E-state index contributed by atoms with van der Waals surface area (Å²) in [5, 5.41) is 11.1. The van der Waals surface area contributed by atoms with E-state index >= 15 is 0 Å². The van der Waals surface area contributed by atoms with E-state index in [4.69, 9.17) is 5.11 Å². The zero-order chi connectivity index (χ0) is 7.28. The van der Waals surface area contributed by atoms with E-state index in [0.29, 0.717) is 6.54 Å². The minimum atomic E-state index is -0.903. The van der Waals surface area contributed by atoms with E-state index in [2.05, 4.69) is 5.32 Å². The summed E-state index contributed by atoms with van der Waals surface area (Å²) in [6.45, 7) is 4.19. The first kappa shape index (κ1) is 8.01. The molecule has 0 aliphatic rings. The molecule has 3 nitrogen and oxygen atoms in total. The highest BCUT2D eigenvalue weighted by Crippen LogP contribution is 1.85. The highest BCUT2D eigenvalue weighted by molar-refractivity contribution is 5.85. The Hall–Kier alpha value is -0.990. The Morgan fingerprint density at radius 2 is 2.33 bits per heavy atom. The quantitative estimate of drug-likeness (QED) is 0.548. The number of hydrogen-bond donors (Lipinski definition) is 2. The van der Waals surface area contributed by atoms with Crippen LogP contribution in [0.15, 0.2) is 11.8 Å². The molecule has 9 heavy (non-hydrogen) atoms. The summed E-state index contributed by atoms with van der Waals surface area (Å²) in [5.41, 5.74) is 0.262. The molecule has 3 heteroatoms. The normalized spacial score (nSPS) is 11.1. The number of nitrogens with one attached hydrogen (secondary N) is 1. The molecular formula is C6H11NO2. The monoisotopic (exact) mass is 129 g/mol. The molecule has 2 N–H and O–H groups in total. The molecule has 0 aromatic rings. The van der Waals surface area contributed by atoms with Gasteiger partial charge < -0.3 is 10.4 Å². The molecule has 0 aliphatic heterocycles. The highest BCUT2D eigenvalue weighted by Gasteiger charge is 2.00. The second kappa shape index (κ2) is 3.95. The van der Waals surface area contributed by atoms with E-state index in [1.54, 1.807) is 6.92 Å². The highest BCUT2D eigenvalue weighted by atomic mass is 16.4. The molecule has 0 aromatic heterocycles. The number of carboxylic acid groups (broad SMARTS) is 1. The molecule has 0 aliphatic carbocycles. The standard InChI is InChI=1S/C6H11NO2/c1-3-5(6(8)9)7-4-2/h3,7H,4H2,1-2H3,(H,8,9)/b5-3-. The van der Waals surface area contributed by atoms with Gasteiger partial charge >= 0.3 is 5.97 Å². The average molecular weight is 129 g/mol. The van der Waals surface area contributed by atoms with Gasteiger partial charge in [0.2, 0.25) is 0 Å². The van der Waals surface area contributed by atoms with Crippen LogP contribution in [0.1, 0.15) is 13.8 Å². The van der Waals surface area contributed by atoms with Gasteiger partial charge in [0.05, 0.1) is 0 Å². The van der Waals surface area contributed by atoms with E-state index in [1.807, 2.05) is 6.92 Å². The van der Waals surface area contributed by atoms with Crippen LogP contribution in [0.5, 0.6) is 0 Å². The van der Waals surface area contributed by atoms with Crippen molar-refractivity contribution in [1.29, 1.82) is 0 Å². The van der Waals surface area contributed by atoms with Crippen LogP contribution in [0, 0.1) is 0 Å². The number of aliphatic carboxylic acids is 1. The summed E-state index contributed by atoms with van der Waals surface area (Å²) in [5.74, 6) is -0.903. The zero-order valence-electron chi connectivity index (χ0n) is 5.64. The number of carbonyl (C=O) groups is 1. The van der Waals surface area contributed by atoms with Crippen LogP contribution in [0.2, 0.25) is 0 Å². The topological polar surface area (TPSA) is 49.3 Å². The van der Waals surface area contributed by atoms with Crippen LogP contribution in [0.4, 0.5) is 0 Å². The minimum absolute atomic E-state index is 0.262. The largest absolute Gasteiger partial charge is 0.477 e. The molecule has 0 spiro atoms. The lowest BCUT2D eigenvalue weighted by Gasteiger charge is -2.00. The predicted molar refractivity (Wildman–Crippen MR) is 35.1 cm³/mol. The maximum Gasteiger partial charge on any atom is 0.351 e. The van der Waals surface area contributed by atoms with Gasteiger partial charge in [-0.05, 0) is 13.8 Å². The first-order chi connectivity index (χ1) is 4.22. The van der Waals surface area contributed by atoms with Crippen LogP contribution < -0.4 is 5.32 Å². The third-order valence-electron chi connectivity index (χ3n) is 0.886. The Morgan fingerprint density at radius 3 is 2.44 bits per heavy atom. The van der Waals surface area contributed by atoms with Crippen molar-refractivity contribution in [3.05, 3.63) is 11.8 Å². The zero-order valence-corrected chi connectivity index (χ0v) is 5.64. The van der Waals surface area contributed by atoms with Gasteiger partial charge in [-0.15, -0.1) is 0 Å². The molecule has 52 valence electrons. The lowest BCUT2D eigenvalue weighted by molar-refractivity contribution is -0.133. The van der Waals surface area contributed by atoms with Gasteiger partial charge in [-0.2, -0.15) is 0 Å². The van der Waals surface area contributed by atoms with Gasteiger partial charge in [-0.25, -0.2) is 4.79 Å². The van der Waals surface area contributed by atoms with Crippen LogP contribution >= 0.6 is 0 Å². The third-order valence-corrected chi connectivity index (χ3v) is 0.886. The van der Waals surface area contributed by atoms with Crippen LogP contribution in [0.25, 0.3) is 0 Å². The third kappa shape index (κ3) is 2.74. The molecule has 0 atom stereocenters. The lowest BCUT2D eigenvalue weighted by atomic mass is 10.4. The van der Waals surface area contributed by atoms with Crippen LogP contribution in [-0.2, 0) is 4.79 Å². The predicted octanol–water partition coefficient (Wildman–Crippen LogP) is 0.584. The first-order valence-electron chi connectivity index (χ1n) is 2.85. The van der Waals surface area contributed by atoms with Crippen molar-refractivity contribution in [1.82, 2.24) is 5.32 Å². The fourth-order valence-corrected chi connectivity index (χ4v) is 0.492. The van der Waals surface area contributed by atoms with E-state index in [9.17, 15) is 4.79 Å². The maximum atomic E-state index is 10.2. The molecule has 0 saturated carbocycles. The fourth-order valence-electron chi connectivity index (χ4n) is 0.492. The number of carboxylic acids is 1. The molecule has 0 aromatic carbocycles. The first-order valence-corrected chi connectivity index (χ1v) is 2.85. The molecule has 0 unspecified atom stereocenters. The van der Waals surface area contributed by atoms with E-state index in [-0.39, 0.29) is 5.70 Å². The van der Waals surface area contributed by atoms with Crippen molar-refractivity contribution in [3.63, 3.8) is 0 Å². The fraction of sp³-hybridized carbons (Fsp3) is 0.500. The van der Waals surface area contributed by atoms with Crippen molar-refractivity contribution < 1.29 is 9.90 Å². The summed E-state index contributed by atoms with van der Waals surface area (Å²) in [4.78, 5) is 10.2. The van der Waals surface area contributed by atoms with Crippen LogP contribution in [0.3, 0.4) is 0 Å². The van der Waals surface area contributed by atoms with Gasteiger partial charge in [0.15, 0.2) is 0 Å². The molecule has 0 bridgehead atoms. The molecule has 0 rings (SSSR count). The van der Waals surface area contributed by atoms with Gasteiger partial charge in [0.1, 0.15) is 5.70 Å². The van der Waals surface area contributed by atoms with Crippen molar-refractivity contribution in [2.24, 2.45) is 0 Å². The Morgan fingerprint density at radius 1 is 1.78 bits per heavy atom. The van der Waals surface area contributed by atoms with Gasteiger partial charge in [0, 0.05) is 6.54 Å². The summed E-state index contributed by atoms with van der Waals surface area (Å²) >= 11 is 0. The number of hydrogen-bond acceptors (Lipinski definition) is 2. The van der Waals surface area contributed by atoms with Crippen molar-refractivity contribution >= 4 is 5.97 Å². The lowest BCUT2D eigenvalue weighted by Crippen LogP contribution is -2.19. The van der Waals surface area contributed by atoms with E-state index in [1.165, 1.54) is 6.08 Å². The second-order valence-corrected chi connectivity index (χ2v) is 1.54. The Balaban J connectivity index is 3.85. The van der Waals surface area contributed by atoms with E-state index in [0.717, 1.165) is 0 Å². The smallest absolute Gasteiger partial charge is 0.351 e. The maximum absolute atomic E-state index is 10.2. The van der Waals surface area contributed by atoms with Gasteiger partial charge in [0.25, 0.3) is 0 Å². The molecule has 0 amide bonds. The molecule has 0 saturated heterocycles. The number of likely N-dealkylation sites (N-methyl/N-ethyl adjacent to an activating group) is 1. The molecular weight excluding hydrogens is 118 g/mol. The van der Waals surface area contributed by atoms with Crippen molar-refractivity contribution in [3.8, 4) is 0 Å². The molecule has 0 fully saturated rings. The minimum Gasteiger partial charge on any atom is -0.477 e. The van der Waals surface area contributed by atoms with Gasteiger partial charge in [-0.3, -0.25) is 0 Å². The van der Waals surface area contributed by atoms with Crippen LogP contribution in [-0.4, -0.2) is 17.6 Å². The molecule has 0 heterocycles. The average Bonchev–Trinajstić information content (AvgIpc) is 1.82.